The Labute approximate surface area is 87.3 Å². The van der Waals surface area contributed by atoms with Gasteiger partial charge in [-0.25, -0.2) is 0 Å². The van der Waals surface area contributed by atoms with Gasteiger partial charge in [-0.1, -0.05) is 19.8 Å². The molecule has 0 amide bonds. The first-order valence-electron chi connectivity index (χ1n) is 6.08. The van der Waals surface area contributed by atoms with E-state index < -0.39 is 0 Å². The first-order chi connectivity index (χ1) is 6.73. The molecule has 2 aliphatic rings. The summed E-state index contributed by atoms with van der Waals surface area (Å²) in [5, 5.41) is 9.38. The number of hydrogen-bond donors (Lipinski definition) is 1. The summed E-state index contributed by atoms with van der Waals surface area (Å²) in [5.74, 6) is 0. The van der Waals surface area contributed by atoms with Crippen LogP contribution < -0.4 is 0 Å². The van der Waals surface area contributed by atoms with E-state index in [1.54, 1.807) is 0 Å². The van der Waals surface area contributed by atoms with E-state index in [2.05, 4.69) is 11.8 Å². The highest BCUT2D eigenvalue weighted by Gasteiger charge is 2.34. The van der Waals surface area contributed by atoms with Crippen molar-refractivity contribution in [2.24, 2.45) is 5.41 Å². The summed E-state index contributed by atoms with van der Waals surface area (Å²) in [7, 11) is 0. The lowest BCUT2D eigenvalue weighted by Crippen LogP contribution is -2.47. The van der Waals surface area contributed by atoms with Gasteiger partial charge in [0, 0.05) is 24.6 Å². The molecular weight excluding hydrogens is 174 g/mol. The molecule has 1 atom stereocenters. The molecule has 1 aliphatic heterocycles. The minimum atomic E-state index is 0.181. The Morgan fingerprint density at radius 3 is 2.64 bits per heavy atom. The standard InChI is InChI=1S/C12H23NO/c1-12(10-14)7-4-8-13(9-12)11-5-2-3-6-11/h11,14H,2-10H2,1H3. The van der Waals surface area contributed by atoms with Crippen molar-refractivity contribution < 1.29 is 5.11 Å². The largest absolute Gasteiger partial charge is 0.396 e. The fourth-order valence-electron chi connectivity index (χ4n) is 3.07. The third kappa shape index (κ3) is 2.12. The average molecular weight is 197 g/mol. The van der Waals surface area contributed by atoms with Crippen molar-refractivity contribution in [1.82, 2.24) is 4.90 Å². The van der Waals surface area contributed by atoms with E-state index in [-0.39, 0.29) is 5.41 Å². The summed E-state index contributed by atoms with van der Waals surface area (Å²) >= 11 is 0. The van der Waals surface area contributed by atoms with Gasteiger partial charge in [0.2, 0.25) is 0 Å². The Bertz CT molecular complexity index is 189. The topological polar surface area (TPSA) is 23.5 Å². The zero-order valence-corrected chi connectivity index (χ0v) is 9.34. The fraction of sp³-hybridized carbons (Fsp3) is 1.00. The van der Waals surface area contributed by atoms with E-state index in [9.17, 15) is 5.11 Å². The van der Waals surface area contributed by atoms with E-state index in [1.807, 2.05) is 0 Å². The molecule has 1 N–H and O–H groups in total. The summed E-state index contributed by atoms with van der Waals surface area (Å²) in [6.07, 6.45) is 8.08. The number of likely N-dealkylation sites (tertiary alicyclic amines) is 1. The van der Waals surface area contributed by atoms with Crippen LogP contribution >= 0.6 is 0 Å². The first kappa shape index (κ1) is 10.4. The Morgan fingerprint density at radius 2 is 2.00 bits per heavy atom. The molecule has 1 saturated heterocycles. The van der Waals surface area contributed by atoms with Crippen LogP contribution in [0, 0.1) is 5.41 Å². The number of nitrogens with zero attached hydrogens (tertiary/aromatic N) is 1. The van der Waals surface area contributed by atoms with Crippen LogP contribution in [0.25, 0.3) is 0 Å². The molecule has 0 spiro atoms. The van der Waals surface area contributed by atoms with Gasteiger partial charge in [-0.05, 0) is 32.2 Å². The molecular formula is C12H23NO. The quantitative estimate of drug-likeness (QED) is 0.732. The lowest BCUT2D eigenvalue weighted by atomic mass is 9.82. The van der Waals surface area contributed by atoms with Gasteiger partial charge in [0.25, 0.3) is 0 Å². The van der Waals surface area contributed by atoms with Crippen molar-refractivity contribution >= 4 is 0 Å². The molecule has 2 rings (SSSR count). The van der Waals surface area contributed by atoms with Crippen LogP contribution in [0.2, 0.25) is 0 Å². The molecule has 0 aromatic heterocycles. The summed E-state index contributed by atoms with van der Waals surface area (Å²) in [5.41, 5.74) is 0.181. The van der Waals surface area contributed by atoms with Gasteiger partial charge in [-0.15, -0.1) is 0 Å². The van der Waals surface area contributed by atoms with Crippen LogP contribution in [-0.2, 0) is 0 Å². The van der Waals surface area contributed by atoms with E-state index in [0.29, 0.717) is 6.61 Å². The molecule has 0 aromatic carbocycles. The van der Waals surface area contributed by atoms with Crippen LogP contribution in [0.1, 0.15) is 45.4 Å². The summed E-state index contributed by atoms with van der Waals surface area (Å²) in [4.78, 5) is 2.63. The Morgan fingerprint density at radius 1 is 1.29 bits per heavy atom. The predicted molar refractivity (Wildman–Crippen MR) is 58.3 cm³/mol. The molecule has 2 fully saturated rings. The van der Waals surface area contributed by atoms with Gasteiger partial charge < -0.3 is 5.11 Å². The second-order valence-electron chi connectivity index (χ2n) is 5.48. The van der Waals surface area contributed by atoms with Crippen LogP contribution in [0.4, 0.5) is 0 Å². The SMILES string of the molecule is CC1(CO)CCCN(C2CCCC2)C1. The van der Waals surface area contributed by atoms with E-state index in [4.69, 9.17) is 0 Å². The maximum atomic E-state index is 9.38. The highest BCUT2D eigenvalue weighted by molar-refractivity contribution is 4.87. The molecule has 1 aliphatic carbocycles. The van der Waals surface area contributed by atoms with Crippen LogP contribution in [0.15, 0.2) is 0 Å². The first-order valence-corrected chi connectivity index (χ1v) is 6.08. The van der Waals surface area contributed by atoms with Gasteiger partial charge >= 0.3 is 0 Å². The predicted octanol–water partition coefficient (Wildman–Crippen LogP) is 2.02. The van der Waals surface area contributed by atoms with Gasteiger partial charge in [0.15, 0.2) is 0 Å². The zero-order chi connectivity index (χ0) is 10.0. The fourth-order valence-corrected chi connectivity index (χ4v) is 3.07. The van der Waals surface area contributed by atoms with Crippen molar-refractivity contribution in [1.29, 1.82) is 0 Å². The van der Waals surface area contributed by atoms with E-state index >= 15 is 0 Å². The molecule has 1 heterocycles. The number of hydrogen-bond acceptors (Lipinski definition) is 2. The van der Waals surface area contributed by atoms with E-state index in [0.717, 1.165) is 12.6 Å². The molecule has 0 radical (unpaired) electrons. The zero-order valence-electron chi connectivity index (χ0n) is 9.34. The van der Waals surface area contributed by atoms with Crippen LogP contribution in [0.5, 0.6) is 0 Å². The summed E-state index contributed by atoms with van der Waals surface area (Å²) in [6.45, 7) is 4.97. The molecule has 0 aromatic rings. The minimum absolute atomic E-state index is 0.181. The highest BCUT2D eigenvalue weighted by atomic mass is 16.3. The second kappa shape index (κ2) is 4.19. The molecule has 1 unspecified atom stereocenters. The number of aliphatic hydroxyl groups excluding tert-OH is 1. The number of rotatable bonds is 2. The van der Waals surface area contributed by atoms with Crippen LogP contribution in [-0.4, -0.2) is 35.7 Å². The normalized spacial score (nSPS) is 36.4. The monoisotopic (exact) mass is 197 g/mol. The lowest BCUT2D eigenvalue weighted by Gasteiger charge is -2.42. The number of aliphatic hydroxyl groups is 1. The Hall–Kier alpha value is -0.0800. The van der Waals surface area contributed by atoms with Crippen molar-refractivity contribution in [3.63, 3.8) is 0 Å². The van der Waals surface area contributed by atoms with Crippen molar-refractivity contribution in [2.45, 2.75) is 51.5 Å². The average Bonchev–Trinajstić information content (AvgIpc) is 2.71. The Kier molecular flexibility index (Phi) is 3.13. The third-order valence-corrected chi connectivity index (χ3v) is 4.03. The highest BCUT2D eigenvalue weighted by Crippen LogP contribution is 2.33. The van der Waals surface area contributed by atoms with Gasteiger partial charge in [-0.2, -0.15) is 0 Å². The molecule has 82 valence electrons. The molecule has 1 saturated carbocycles. The van der Waals surface area contributed by atoms with Crippen molar-refractivity contribution in [3.05, 3.63) is 0 Å². The molecule has 2 nitrogen and oxygen atoms in total. The van der Waals surface area contributed by atoms with Gasteiger partial charge in [-0.3, -0.25) is 4.90 Å². The van der Waals surface area contributed by atoms with Gasteiger partial charge in [0.05, 0.1) is 0 Å². The summed E-state index contributed by atoms with van der Waals surface area (Å²) in [6, 6.07) is 0.834. The second-order valence-corrected chi connectivity index (χ2v) is 5.48. The molecule has 14 heavy (non-hydrogen) atoms. The minimum Gasteiger partial charge on any atom is -0.396 e. The van der Waals surface area contributed by atoms with E-state index in [1.165, 1.54) is 45.1 Å². The lowest BCUT2D eigenvalue weighted by molar-refractivity contribution is 0.0261. The van der Waals surface area contributed by atoms with Gasteiger partial charge in [0.1, 0.15) is 0 Å². The van der Waals surface area contributed by atoms with Crippen molar-refractivity contribution in [2.75, 3.05) is 19.7 Å². The Balaban J connectivity index is 1.93. The van der Waals surface area contributed by atoms with Crippen molar-refractivity contribution in [3.8, 4) is 0 Å². The molecule has 2 heteroatoms. The number of piperidine rings is 1. The third-order valence-electron chi connectivity index (χ3n) is 4.03. The maximum absolute atomic E-state index is 9.38. The maximum Gasteiger partial charge on any atom is 0.0497 e. The summed E-state index contributed by atoms with van der Waals surface area (Å²) < 4.78 is 0. The molecule has 0 bridgehead atoms. The smallest absolute Gasteiger partial charge is 0.0497 e. The van der Waals surface area contributed by atoms with Crippen LogP contribution in [0.3, 0.4) is 0 Å².